The zero-order chi connectivity index (χ0) is 16.2. The molecule has 1 aliphatic rings. The van der Waals surface area contributed by atoms with E-state index < -0.39 is 0 Å². The molecule has 1 fully saturated rings. The fraction of sp³-hybridized carbons (Fsp3) is 0.389. The number of thioether (sulfide) groups is 1. The van der Waals surface area contributed by atoms with Crippen molar-refractivity contribution in [3.8, 4) is 0 Å². The van der Waals surface area contributed by atoms with Crippen molar-refractivity contribution < 1.29 is 4.79 Å². The molecule has 0 saturated heterocycles. The molecule has 23 heavy (non-hydrogen) atoms. The van der Waals surface area contributed by atoms with Gasteiger partial charge in [-0.05, 0) is 43.2 Å². The molecule has 122 valence electrons. The average molecular weight is 349 g/mol. The normalized spacial score (nSPS) is 21.3. The number of carbonyl (C=O) groups is 1. The van der Waals surface area contributed by atoms with Crippen molar-refractivity contribution in [2.45, 2.75) is 42.7 Å². The van der Waals surface area contributed by atoms with Gasteiger partial charge in [0.2, 0.25) is 5.91 Å². The molecule has 3 N–H and O–H groups in total. The molecule has 5 heteroatoms. The van der Waals surface area contributed by atoms with Gasteiger partial charge >= 0.3 is 0 Å². The van der Waals surface area contributed by atoms with Crippen molar-refractivity contribution in [3.05, 3.63) is 41.4 Å². The summed E-state index contributed by atoms with van der Waals surface area (Å²) in [6.07, 6.45) is 3.96. The highest BCUT2D eigenvalue weighted by Crippen LogP contribution is 2.33. The van der Waals surface area contributed by atoms with Crippen molar-refractivity contribution in [1.82, 2.24) is 5.32 Å². The Morgan fingerprint density at radius 3 is 2.61 bits per heavy atom. The first-order valence-corrected chi connectivity index (χ1v) is 9.35. The van der Waals surface area contributed by atoms with Crippen molar-refractivity contribution >= 4 is 40.0 Å². The molecule has 0 heterocycles. The van der Waals surface area contributed by atoms with Crippen LogP contribution in [0.5, 0.6) is 0 Å². The minimum atomic E-state index is 0.0829. The second-order valence-electron chi connectivity index (χ2n) is 6.06. The number of benzene rings is 2. The van der Waals surface area contributed by atoms with Gasteiger partial charge in [-0.25, -0.2) is 0 Å². The molecule has 0 radical (unpaired) electrons. The van der Waals surface area contributed by atoms with Crippen molar-refractivity contribution in [1.29, 1.82) is 0 Å². The number of rotatable bonds is 4. The fourth-order valence-electron chi connectivity index (χ4n) is 3.06. The Morgan fingerprint density at radius 1 is 1.17 bits per heavy atom. The number of amides is 1. The summed E-state index contributed by atoms with van der Waals surface area (Å²) in [5.41, 5.74) is 5.90. The van der Waals surface area contributed by atoms with Gasteiger partial charge in [0.1, 0.15) is 0 Å². The van der Waals surface area contributed by atoms with Crippen LogP contribution in [-0.2, 0) is 4.79 Å². The van der Waals surface area contributed by atoms with E-state index in [1.54, 1.807) is 11.8 Å². The highest BCUT2D eigenvalue weighted by atomic mass is 35.5. The van der Waals surface area contributed by atoms with E-state index in [-0.39, 0.29) is 11.9 Å². The predicted octanol–water partition coefficient (Wildman–Crippen LogP) is 3.97. The summed E-state index contributed by atoms with van der Waals surface area (Å²) >= 11 is 7.86. The Morgan fingerprint density at radius 2 is 1.87 bits per heavy atom. The highest BCUT2D eigenvalue weighted by molar-refractivity contribution is 8.00. The summed E-state index contributed by atoms with van der Waals surface area (Å²) in [6.45, 7) is 0. The smallest absolute Gasteiger partial charge is 0.230 e. The number of hydrogen-bond donors (Lipinski definition) is 2. The molecular formula is C18H21ClN2OS. The summed E-state index contributed by atoms with van der Waals surface area (Å²) in [4.78, 5) is 13.2. The van der Waals surface area contributed by atoms with Gasteiger partial charge < -0.3 is 11.1 Å². The van der Waals surface area contributed by atoms with Gasteiger partial charge in [0, 0.05) is 27.4 Å². The number of hydrogen-bond acceptors (Lipinski definition) is 3. The fourth-order valence-corrected chi connectivity index (χ4v) is 4.32. The monoisotopic (exact) mass is 348 g/mol. The molecule has 3 nitrogen and oxygen atoms in total. The Hall–Kier alpha value is -1.23. The Balaban J connectivity index is 1.61. The second-order valence-corrected chi connectivity index (χ2v) is 7.49. The molecule has 1 saturated carbocycles. The summed E-state index contributed by atoms with van der Waals surface area (Å²) in [7, 11) is 0. The van der Waals surface area contributed by atoms with Crippen molar-refractivity contribution in [2.75, 3.05) is 5.75 Å². The maximum Gasteiger partial charge on any atom is 0.230 e. The molecule has 0 spiro atoms. The summed E-state index contributed by atoms with van der Waals surface area (Å²) < 4.78 is 0. The lowest BCUT2D eigenvalue weighted by Gasteiger charge is -2.26. The largest absolute Gasteiger partial charge is 0.353 e. The Labute approximate surface area is 146 Å². The molecule has 0 aliphatic heterocycles. The quantitative estimate of drug-likeness (QED) is 0.822. The van der Waals surface area contributed by atoms with Crippen LogP contribution < -0.4 is 11.1 Å². The van der Waals surface area contributed by atoms with Crippen LogP contribution in [0.15, 0.2) is 41.3 Å². The van der Waals surface area contributed by atoms with Gasteiger partial charge in [-0.3, -0.25) is 4.79 Å². The molecule has 0 bridgehead atoms. The number of halogens is 1. The molecule has 2 aromatic carbocycles. The van der Waals surface area contributed by atoms with E-state index in [0.717, 1.165) is 46.4 Å². The maximum atomic E-state index is 12.2. The first-order valence-electron chi connectivity index (χ1n) is 7.98. The lowest BCUT2D eigenvalue weighted by molar-refractivity contribution is -0.119. The van der Waals surface area contributed by atoms with Gasteiger partial charge in [0.05, 0.1) is 5.75 Å². The van der Waals surface area contributed by atoms with Gasteiger partial charge in [-0.1, -0.05) is 35.9 Å². The summed E-state index contributed by atoms with van der Waals surface area (Å²) in [5.74, 6) is 0.493. The third-order valence-corrected chi connectivity index (χ3v) is 5.68. The van der Waals surface area contributed by atoms with Crippen LogP contribution in [0.3, 0.4) is 0 Å². The first-order chi connectivity index (χ1) is 11.1. The van der Waals surface area contributed by atoms with Crippen molar-refractivity contribution in [2.24, 2.45) is 5.73 Å². The van der Waals surface area contributed by atoms with Crippen LogP contribution in [0.4, 0.5) is 0 Å². The van der Waals surface area contributed by atoms with E-state index in [9.17, 15) is 4.79 Å². The molecule has 1 amide bonds. The molecule has 3 rings (SSSR count). The number of fused-ring (bicyclic) bond motifs is 1. The molecule has 1 aliphatic carbocycles. The van der Waals surface area contributed by atoms with Gasteiger partial charge in [-0.15, -0.1) is 11.8 Å². The van der Waals surface area contributed by atoms with Crippen LogP contribution in [0, 0.1) is 0 Å². The number of nitrogens with one attached hydrogen (secondary N) is 1. The van der Waals surface area contributed by atoms with E-state index in [1.807, 2.05) is 36.4 Å². The Bertz CT molecular complexity index is 693. The Kier molecular flexibility index (Phi) is 5.46. The van der Waals surface area contributed by atoms with Gasteiger partial charge in [0.25, 0.3) is 0 Å². The predicted molar refractivity (Wildman–Crippen MR) is 98.1 cm³/mol. The van der Waals surface area contributed by atoms with E-state index in [1.165, 1.54) is 0 Å². The van der Waals surface area contributed by atoms with Crippen LogP contribution in [-0.4, -0.2) is 23.7 Å². The third kappa shape index (κ3) is 4.19. The highest BCUT2D eigenvalue weighted by Gasteiger charge is 2.20. The van der Waals surface area contributed by atoms with Crippen LogP contribution in [0.1, 0.15) is 25.7 Å². The minimum absolute atomic E-state index is 0.0829. The third-order valence-electron chi connectivity index (χ3n) is 4.31. The summed E-state index contributed by atoms with van der Waals surface area (Å²) in [6, 6.07) is 12.5. The van der Waals surface area contributed by atoms with E-state index >= 15 is 0 Å². The number of carbonyl (C=O) groups excluding carboxylic acids is 1. The van der Waals surface area contributed by atoms with Crippen molar-refractivity contribution in [3.63, 3.8) is 0 Å². The molecule has 0 unspecified atom stereocenters. The zero-order valence-corrected chi connectivity index (χ0v) is 14.5. The summed E-state index contributed by atoms with van der Waals surface area (Å²) in [5, 5.41) is 5.98. The molecule has 2 aromatic rings. The zero-order valence-electron chi connectivity index (χ0n) is 12.9. The minimum Gasteiger partial charge on any atom is -0.353 e. The molecule has 0 atom stereocenters. The van der Waals surface area contributed by atoms with E-state index in [0.29, 0.717) is 11.8 Å². The van der Waals surface area contributed by atoms with E-state index in [4.69, 9.17) is 17.3 Å². The SMILES string of the molecule is NC1CCC(NC(=O)CSc2cccc3cccc(Cl)c23)CC1. The van der Waals surface area contributed by atoms with Gasteiger partial charge in [-0.2, -0.15) is 0 Å². The van der Waals surface area contributed by atoms with E-state index in [2.05, 4.69) is 5.32 Å². The first kappa shape index (κ1) is 16.6. The molecular weight excluding hydrogens is 328 g/mol. The number of nitrogens with two attached hydrogens (primary N) is 1. The standard InChI is InChI=1S/C18H21ClN2OS/c19-15-5-1-3-12-4-2-6-16(18(12)15)23-11-17(22)21-14-9-7-13(20)8-10-14/h1-6,13-14H,7-11,20H2,(H,21,22). The van der Waals surface area contributed by atoms with Crippen LogP contribution in [0.25, 0.3) is 10.8 Å². The topological polar surface area (TPSA) is 55.1 Å². The second kappa shape index (κ2) is 7.56. The van der Waals surface area contributed by atoms with Crippen LogP contribution in [0.2, 0.25) is 5.02 Å². The van der Waals surface area contributed by atoms with Gasteiger partial charge in [0.15, 0.2) is 0 Å². The lowest BCUT2D eigenvalue weighted by Crippen LogP contribution is -2.41. The molecule has 0 aromatic heterocycles. The lowest BCUT2D eigenvalue weighted by atomic mass is 9.92. The van der Waals surface area contributed by atoms with Crippen LogP contribution >= 0.6 is 23.4 Å². The maximum absolute atomic E-state index is 12.2. The average Bonchev–Trinajstić information content (AvgIpc) is 2.55.